The van der Waals surface area contributed by atoms with E-state index in [-0.39, 0.29) is 0 Å². The minimum Gasteiger partial charge on any atom is -0.309 e. The quantitative estimate of drug-likeness (QED) is 0.172. The van der Waals surface area contributed by atoms with Crippen molar-refractivity contribution in [1.29, 1.82) is 5.26 Å². The molecule has 0 unspecified atom stereocenters. The maximum atomic E-state index is 9.54. The molecular weight excluding hydrogens is 671 g/mol. The molecule has 5 heteroatoms. The highest BCUT2D eigenvalue weighted by atomic mass is 15.0. The molecule has 4 bridgehead atoms. The van der Waals surface area contributed by atoms with Gasteiger partial charge in [-0.15, -0.1) is 0 Å². The minimum absolute atomic E-state index is 0.364. The van der Waals surface area contributed by atoms with Gasteiger partial charge in [0.15, 0.2) is 17.5 Å². The van der Waals surface area contributed by atoms with Gasteiger partial charge in [-0.3, -0.25) is 0 Å². The number of hydrogen-bond acceptors (Lipinski definition) is 4. The minimum atomic E-state index is 0.364. The van der Waals surface area contributed by atoms with Crippen LogP contribution in [-0.2, 0) is 5.41 Å². The molecule has 8 aromatic rings. The highest BCUT2D eigenvalue weighted by molar-refractivity contribution is 6.09. The van der Waals surface area contributed by atoms with Gasteiger partial charge in [0.1, 0.15) is 0 Å². The van der Waals surface area contributed by atoms with Gasteiger partial charge in [0.2, 0.25) is 0 Å². The van der Waals surface area contributed by atoms with Crippen molar-refractivity contribution in [3.63, 3.8) is 0 Å². The summed E-state index contributed by atoms with van der Waals surface area (Å²) in [4.78, 5) is 15.1. The summed E-state index contributed by atoms with van der Waals surface area (Å²) in [6.45, 7) is 0. The third-order valence-electron chi connectivity index (χ3n) is 12.9. The van der Waals surface area contributed by atoms with Gasteiger partial charge < -0.3 is 4.57 Å². The Balaban J connectivity index is 0.911. The van der Waals surface area contributed by atoms with Crippen LogP contribution in [0.2, 0.25) is 0 Å². The lowest BCUT2D eigenvalue weighted by atomic mass is 9.48. The Kier molecular flexibility index (Phi) is 7.35. The molecule has 0 aliphatic heterocycles. The molecule has 4 aliphatic carbocycles. The number of hydrogen-bond donors (Lipinski definition) is 0. The van der Waals surface area contributed by atoms with E-state index in [1.54, 1.807) is 0 Å². The second-order valence-electron chi connectivity index (χ2n) is 16.3. The molecule has 5 nitrogen and oxygen atoms in total. The van der Waals surface area contributed by atoms with Crippen LogP contribution < -0.4 is 0 Å². The Labute approximate surface area is 321 Å². The molecule has 6 aromatic carbocycles. The Hall–Kier alpha value is -6.38. The molecule has 0 saturated heterocycles. The van der Waals surface area contributed by atoms with E-state index in [4.69, 9.17) is 15.0 Å². The summed E-state index contributed by atoms with van der Waals surface area (Å²) < 4.78 is 2.28. The van der Waals surface area contributed by atoms with E-state index in [0.29, 0.717) is 28.5 Å². The summed E-state index contributed by atoms with van der Waals surface area (Å²) >= 11 is 0. The van der Waals surface area contributed by atoms with Gasteiger partial charge in [0.25, 0.3) is 0 Å². The molecule has 55 heavy (non-hydrogen) atoms. The lowest BCUT2D eigenvalue weighted by Crippen LogP contribution is -2.48. The number of rotatable bonds is 6. The molecule has 0 atom stereocenters. The zero-order valence-electron chi connectivity index (χ0n) is 30.6. The summed E-state index contributed by atoms with van der Waals surface area (Å²) in [5.74, 6) is 4.81. The summed E-state index contributed by atoms with van der Waals surface area (Å²) in [6, 6.07) is 53.3. The zero-order chi connectivity index (χ0) is 36.5. The van der Waals surface area contributed by atoms with Crippen molar-refractivity contribution in [2.24, 2.45) is 17.8 Å². The van der Waals surface area contributed by atoms with Gasteiger partial charge in [-0.2, -0.15) is 5.26 Å². The third-order valence-corrected chi connectivity index (χ3v) is 12.9. The van der Waals surface area contributed by atoms with Crippen molar-refractivity contribution in [3.05, 3.63) is 157 Å². The van der Waals surface area contributed by atoms with E-state index < -0.39 is 0 Å². The van der Waals surface area contributed by atoms with E-state index in [1.807, 2.05) is 30.3 Å². The van der Waals surface area contributed by atoms with Gasteiger partial charge in [0, 0.05) is 33.2 Å². The molecule has 0 radical (unpaired) electrons. The van der Waals surface area contributed by atoms with Gasteiger partial charge in [-0.05, 0) is 115 Å². The van der Waals surface area contributed by atoms with Crippen molar-refractivity contribution in [1.82, 2.24) is 19.5 Å². The second-order valence-corrected chi connectivity index (χ2v) is 16.3. The lowest BCUT2D eigenvalue weighted by Gasteiger charge is -2.57. The molecular formula is C50H39N5. The van der Waals surface area contributed by atoms with Crippen LogP contribution in [0, 0.1) is 29.1 Å². The average molecular weight is 710 g/mol. The molecule has 4 aliphatic rings. The fraction of sp³-hybridized carbons (Fsp3) is 0.200. The molecule has 0 N–H and O–H groups in total. The smallest absolute Gasteiger partial charge is 0.164 e. The van der Waals surface area contributed by atoms with E-state index in [1.165, 1.54) is 44.1 Å². The number of aromatic nitrogens is 4. The van der Waals surface area contributed by atoms with Gasteiger partial charge in [0.05, 0.1) is 22.7 Å². The van der Waals surface area contributed by atoms with Crippen LogP contribution in [0.1, 0.15) is 49.7 Å². The Bertz CT molecular complexity index is 2740. The standard InChI is InChI=1S/C50H39N5/c51-31-32-10-23-46-44(27-32)43-8-4-5-9-45(43)55(46)42-21-17-37(18-22-42)36-11-13-39(14-12-36)48-52-47(38-6-2-1-3-7-38)53-49(54-48)40-15-19-41(20-16-40)50-28-33-24-34(29-50)26-35(25-33)30-50/h1-23,27,33-35H,24-26,28-30H2. The van der Waals surface area contributed by atoms with Crippen molar-refractivity contribution in [2.75, 3.05) is 0 Å². The second kappa shape index (κ2) is 12.6. The van der Waals surface area contributed by atoms with Crippen LogP contribution in [0.4, 0.5) is 0 Å². The van der Waals surface area contributed by atoms with Crippen molar-refractivity contribution >= 4 is 21.8 Å². The molecule has 0 spiro atoms. The van der Waals surface area contributed by atoms with E-state index in [2.05, 4.69) is 126 Å². The molecule has 2 heterocycles. The van der Waals surface area contributed by atoms with E-state index >= 15 is 0 Å². The Morgan fingerprint density at radius 1 is 0.491 bits per heavy atom. The van der Waals surface area contributed by atoms with Crippen LogP contribution in [0.3, 0.4) is 0 Å². The van der Waals surface area contributed by atoms with Gasteiger partial charge >= 0.3 is 0 Å². The fourth-order valence-electron chi connectivity index (χ4n) is 10.7. The molecule has 2 aromatic heterocycles. The molecule has 4 saturated carbocycles. The number of nitrogens with zero attached hydrogens (tertiary/aromatic N) is 5. The van der Waals surface area contributed by atoms with Crippen molar-refractivity contribution < 1.29 is 0 Å². The average Bonchev–Trinajstić information content (AvgIpc) is 3.57. The first-order valence-corrected chi connectivity index (χ1v) is 19.7. The maximum Gasteiger partial charge on any atom is 0.164 e. The molecule has 264 valence electrons. The number of nitriles is 1. The van der Waals surface area contributed by atoms with Crippen LogP contribution in [0.15, 0.2) is 146 Å². The predicted octanol–water partition coefficient (Wildman–Crippen LogP) is 12.0. The van der Waals surface area contributed by atoms with E-state index in [9.17, 15) is 5.26 Å². The topological polar surface area (TPSA) is 67.4 Å². The van der Waals surface area contributed by atoms with Gasteiger partial charge in [-0.1, -0.05) is 109 Å². The zero-order valence-corrected chi connectivity index (χ0v) is 30.6. The van der Waals surface area contributed by atoms with Crippen LogP contribution >= 0.6 is 0 Å². The predicted molar refractivity (Wildman–Crippen MR) is 220 cm³/mol. The summed E-state index contributed by atoms with van der Waals surface area (Å²) in [6.07, 6.45) is 8.44. The number of fused-ring (bicyclic) bond motifs is 3. The third kappa shape index (κ3) is 5.47. The largest absolute Gasteiger partial charge is 0.309 e. The number of para-hydroxylation sites is 1. The molecule has 4 fully saturated rings. The Morgan fingerprint density at radius 3 is 1.58 bits per heavy atom. The SMILES string of the molecule is N#Cc1ccc2c(c1)c1ccccc1n2-c1ccc(-c2ccc(-c3nc(-c4ccccc4)nc(-c4ccc(C56CC7CC(CC(C7)C5)C6)cc4)n3)cc2)cc1. The highest BCUT2D eigenvalue weighted by Crippen LogP contribution is 2.60. The summed E-state index contributed by atoms with van der Waals surface area (Å²) in [5, 5.41) is 11.8. The first-order valence-electron chi connectivity index (χ1n) is 19.7. The monoisotopic (exact) mass is 709 g/mol. The number of benzene rings is 6. The normalized spacial score (nSPS) is 21.3. The Morgan fingerprint density at radius 2 is 0.982 bits per heavy atom. The van der Waals surface area contributed by atoms with Crippen molar-refractivity contribution in [2.45, 2.75) is 43.9 Å². The molecule has 0 amide bonds. The van der Waals surface area contributed by atoms with E-state index in [0.717, 1.165) is 73.1 Å². The molecule has 12 rings (SSSR count). The summed E-state index contributed by atoms with van der Waals surface area (Å²) in [5.41, 5.74) is 11.0. The maximum absolute atomic E-state index is 9.54. The van der Waals surface area contributed by atoms with Crippen molar-refractivity contribution in [3.8, 4) is 57.0 Å². The van der Waals surface area contributed by atoms with Crippen LogP contribution in [0.5, 0.6) is 0 Å². The summed E-state index contributed by atoms with van der Waals surface area (Å²) in [7, 11) is 0. The highest BCUT2D eigenvalue weighted by Gasteiger charge is 2.51. The van der Waals surface area contributed by atoms with Crippen LogP contribution in [-0.4, -0.2) is 19.5 Å². The van der Waals surface area contributed by atoms with Gasteiger partial charge in [-0.25, -0.2) is 15.0 Å². The lowest BCUT2D eigenvalue weighted by molar-refractivity contribution is -0.00518. The first kappa shape index (κ1) is 32.1. The fourth-order valence-corrected chi connectivity index (χ4v) is 10.7. The van der Waals surface area contributed by atoms with Crippen LogP contribution in [0.25, 0.3) is 72.8 Å². The first-order chi connectivity index (χ1) is 27.1.